The summed E-state index contributed by atoms with van der Waals surface area (Å²) in [6.45, 7) is 0.286. The molecule has 1 aromatic carbocycles. The molecule has 0 atom stereocenters. The van der Waals surface area contributed by atoms with Crippen molar-refractivity contribution in [3.05, 3.63) is 18.0 Å². The van der Waals surface area contributed by atoms with Crippen molar-refractivity contribution in [1.82, 2.24) is 10.1 Å². The Morgan fingerprint density at radius 1 is 1.00 bits per heavy atom. The molecule has 7 heteroatoms. The lowest BCUT2D eigenvalue weighted by Crippen LogP contribution is -1.96. The fraction of sp³-hybridized carbons (Fsp3) is 0.385. The van der Waals surface area contributed by atoms with Crippen LogP contribution < -0.4 is 14.2 Å². The largest absolute Gasteiger partial charge is 0.493 e. The van der Waals surface area contributed by atoms with Crippen molar-refractivity contribution in [3.8, 4) is 28.7 Å². The molecule has 0 fully saturated rings. The molecule has 0 radical (unpaired) electrons. The molecule has 0 bridgehead atoms. The van der Waals surface area contributed by atoms with Gasteiger partial charge in [0.05, 0.1) is 21.3 Å². The van der Waals surface area contributed by atoms with Crippen LogP contribution in [-0.4, -0.2) is 38.6 Å². The van der Waals surface area contributed by atoms with Crippen LogP contribution in [0, 0.1) is 0 Å². The second-order valence-electron chi connectivity index (χ2n) is 3.86. The molecule has 0 aliphatic heterocycles. The van der Waals surface area contributed by atoms with E-state index in [1.54, 1.807) is 40.6 Å². The van der Waals surface area contributed by atoms with Gasteiger partial charge in [-0.1, -0.05) is 5.16 Å². The predicted octanol–water partition coefficient (Wildman–Crippen LogP) is 1.91. The number of methoxy groups -OCH3 is 4. The molecule has 7 nitrogen and oxygen atoms in total. The summed E-state index contributed by atoms with van der Waals surface area (Å²) in [4.78, 5) is 4.22. The lowest BCUT2D eigenvalue weighted by molar-refractivity contribution is 0.174. The Hall–Kier alpha value is -2.28. The Bertz CT molecular complexity index is 557. The van der Waals surface area contributed by atoms with E-state index in [-0.39, 0.29) is 6.61 Å². The first kappa shape index (κ1) is 14.1. The van der Waals surface area contributed by atoms with E-state index in [0.29, 0.717) is 34.5 Å². The summed E-state index contributed by atoms with van der Waals surface area (Å²) in [5.74, 6) is 2.38. The topological polar surface area (TPSA) is 75.8 Å². The summed E-state index contributed by atoms with van der Waals surface area (Å²) in [6, 6.07) is 3.48. The van der Waals surface area contributed by atoms with Crippen molar-refractivity contribution in [1.29, 1.82) is 0 Å². The van der Waals surface area contributed by atoms with E-state index in [1.165, 1.54) is 0 Å². The van der Waals surface area contributed by atoms with Crippen LogP contribution in [-0.2, 0) is 11.3 Å². The first-order chi connectivity index (χ1) is 9.73. The predicted molar refractivity (Wildman–Crippen MR) is 70.1 cm³/mol. The van der Waals surface area contributed by atoms with E-state index in [0.717, 1.165) is 0 Å². The molecular weight excluding hydrogens is 264 g/mol. The second kappa shape index (κ2) is 6.25. The molecule has 0 saturated heterocycles. The molecule has 2 rings (SSSR count). The molecule has 0 aliphatic carbocycles. The quantitative estimate of drug-likeness (QED) is 0.799. The van der Waals surface area contributed by atoms with E-state index < -0.39 is 0 Å². The minimum atomic E-state index is 0.286. The van der Waals surface area contributed by atoms with Gasteiger partial charge in [0.25, 0.3) is 5.89 Å². The highest BCUT2D eigenvalue weighted by atomic mass is 16.5. The lowest BCUT2D eigenvalue weighted by atomic mass is 10.2. The number of hydrogen-bond acceptors (Lipinski definition) is 7. The Morgan fingerprint density at radius 2 is 1.65 bits per heavy atom. The highest BCUT2D eigenvalue weighted by Gasteiger charge is 2.17. The minimum absolute atomic E-state index is 0.286. The van der Waals surface area contributed by atoms with Crippen LogP contribution in [0.3, 0.4) is 0 Å². The maximum atomic E-state index is 5.28. The number of aromatic nitrogens is 2. The maximum absolute atomic E-state index is 5.28. The number of nitrogens with zero attached hydrogens (tertiary/aromatic N) is 2. The molecule has 0 aliphatic rings. The zero-order chi connectivity index (χ0) is 14.5. The highest BCUT2D eigenvalue weighted by molar-refractivity contribution is 5.65. The molecule has 0 N–H and O–H groups in total. The zero-order valence-electron chi connectivity index (χ0n) is 11.8. The Balaban J connectivity index is 2.45. The van der Waals surface area contributed by atoms with Crippen LogP contribution in [0.5, 0.6) is 17.2 Å². The number of ether oxygens (including phenoxy) is 4. The summed E-state index contributed by atoms with van der Waals surface area (Å²) >= 11 is 0. The van der Waals surface area contributed by atoms with Gasteiger partial charge < -0.3 is 23.5 Å². The van der Waals surface area contributed by atoms with Crippen LogP contribution in [0.1, 0.15) is 5.82 Å². The van der Waals surface area contributed by atoms with Crippen molar-refractivity contribution >= 4 is 0 Å². The Kier molecular flexibility index (Phi) is 4.41. The van der Waals surface area contributed by atoms with Gasteiger partial charge in [-0.3, -0.25) is 0 Å². The van der Waals surface area contributed by atoms with E-state index >= 15 is 0 Å². The molecule has 1 heterocycles. The Morgan fingerprint density at radius 3 is 2.15 bits per heavy atom. The van der Waals surface area contributed by atoms with Gasteiger partial charge in [0.1, 0.15) is 6.61 Å². The second-order valence-corrected chi connectivity index (χ2v) is 3.86. The van der Waals surface area contributed by atoms with Gasteiger partial charge >= 0.3 is 0 Å². The van der Waals surface area contributed by atoms with Crippen LogP contribution in [0.25, 0.3) is 11.5 Å². The average Bonchev–Trinajstić information content (AvgIpc) is 2.94. The van der Waals surface area contributed by atoms with Crippen molar-refractivity contribution in [2.75, 3.05) is 28.4 Å². The van der Waals surface area contributed by atoms with E-state index in [1.807, 2.05) is 0 Å². The van der Waals surface area contributed by atoms with Gasteiger partial charge in [0.15, 0.2) is 17.3 Å². The molecule has 1 aromatic heterocycles. The zero-order valence-corrected chi connectivity index (χ0v) is 11.8. The minimum Gasteiger partial charge on any atom is -0.493 e. The SMILES string of the molecule is COCc1noc(-c2cc(OC)c(OC)c(OC)c2)n1. The molecule has 0 saturated carbocycles. The van der Waals surface area contributed by atoms with Gasteiger partial charge in [0, 0.05) is 12.7 Å². The van der Waals surface area contributed by atoms with E-state index in [4.69, 9.17) is 23.5 Å². The lowest BCUT2D eigenvalue weighted by Gasteiger charge is -2.12. The average molecular weight is 280 g/mol. The highest BCUT2D eigenvalue weighted by Crippen LogP contribution is 2.40. The van der Waals surface area contributed by atoms with Gasteiger partial charge in [0.2, 0.25) is 5.75 Å². The maximum Gasteiger partial charge on any atom is 0.258 e. The molecule has 2 aromatic rings. The molecule has 20 heavy (non-hydrogen) atoms. The van der Waals surface area contributed by atoms with Crippen molar-refractivity contribution < 1.29 is 23.5 Å². The third kappa shape index (κ3) is 2.67. The van der Waals surface area contributed by atoms with Crippen LogP contribution in [0.2, 0.25) is 0 Å². The first-order valence-corrected chi connectivity index (χ1v) is 5.85. The van der Waals surface area contributed by atoms with Gasteiger partial charge in [-0.25, -0.2) is 0 Å². The van der Waals surface area contributed by atoms with Crippen LogP contribution >= 0.6 is 0 Å². The van der Waals surface area contributed by atoms with Crippen molar-refractivity contribution in [3.63, 3.8) is 0 Å². The summed E-state index contributed by atoms with van der Waals surface area (Å²) in [5, 5.41) is 3.81. The number of rotatable bonds is 6. The summed E-state index contributed by atoms with van der Waals surface area (Å²) in [5.41, 5.74) is 0.675. The molecule has 0 unspecified atom stereocenters. The fourth-order valence-electron chi connectivity index (χ4n) is 1.76. The van der Waals surface area contributed by atoms with Gasteiger partial charge in [-0.05, 0) is 12.1 Å². The standard InChI is InChI=1S/C13H16N2O5/c1-16-7-11-14-13(20-15-11)8-5-9(17-2)12(19-4)10(6-8)18-3/h5-6H,7H2,1-4H3. The summed E-state index contributed by atoms with van der Waals surface area (Å²) < 4.78 is 25.9. The molecule has 108 valence electrons. The smallest absolute Gasteiger partial charge is 0.258 e. The van der Waals surface area contributed by atoms with Crippen molar-refractivity contribution in [2.45, 2.75) is 6.61 Å². The van der Waals surface area contributed by atoms with E-state index in [2.05, 4.69) is 10.1 Å². The normalized spacial score (nSPS) is 10.4. The number of benzene rings is 1. The Labute approximate surface area is 116 Å². The van der Waals surface area contributed by atoms with Gasteiger partial charge in [-0.15, -0.1) is 0 Å². The molecular formula is C13H16N2O5. The van der Waals surface area contributed by atoms with Crippen molar-refractivity contribution in [2.24, 2.45) is 0 Å². The van der Waals surface area contributed by atoms with Crippen LogP contribution in [0.4, 0.5) is 0 Å². The van der Waals surface area contributed by atoms with Gasteiger partial charge in [-0.2, -0.15) is 4.98 Å². The first-order valence-electron chi connectivity index (χ1n) is 5.85. The third-order valence-electron chi connectivity index (χ3n) is 2.65. The third-order valence-corrected chi connectivity index (χ3v) is 2.65. The fourth-order valence-corrected chi connectivity index (χ4v) is 1.76. The molecule has 0 amide bonds. The summed E-state index contributed by atoms with van der Waals surface area (Å²) in [7, 11) is 6.20. The number of hydrogen-bond donors (Lipinski definition) is 0. The monoisotopic (exact) mass is 280 g/mol. The molecule has 0 spiro atoms. The summed E-state index contributed by atoms with van der Waals surface area (Å²) in [6.07, 6.45) is 0. The van der Waals surface area contributed by atoms with E-state index in [9.17, 15) is 0 Å². The van der Waals surface area contributed by atoms with Crippen LogP contribution in [0.15, 0.2) is 16.7 Å².